The van der Waals surface area contributed by atoms with Crippen molar-refractivity contribution in [2.45, 2.75) is 15.9 Å². The largest absolute Gasteiger partial charge is 0.586 e. The SMILES string of the molecule is FC1(F)Oc2ccc(SC(c3ccccc3)(c3ccccc3)c3ccccc3)cc2O1. The summed E-state index contributed by atoms with van der Waals surface area (Å²) in [6.07, 6.45) is -3.64. The molecule has 0 amide bonds. The molecule has 0 N–H and O–H groups in total. The molecule has 4 aromatic rings. The van der Waals surface area contributed by atoms with E-state index >= 15 is 0 Å². The third-order valence-electron chi connectivity index (χ3n) is 5.18. The smallest absolute Gasteiger partial charge is 0.395 e. The Balaban J connectivity index is 1.70. The van der Waals surface area contributed by atoms with E-state index in [1.165, 1.54) is 6.07 Å². The van der Waals surface area contributed by atoms with E-state index in [1.54, 1.807) is 23.9 Å². The van der Waals surface area contributed by atoms with Crippen LogP contribution in [-0.2, 0) is 4.75 Å². The van der Waals surface area contributed by atoms with E-state index in [0.717, 1.165) is 21.6 Å². The molecule has 4 aromatic carbocycles. The van der Waals surface area contributed by atoms with E-state index in [9.17, 15) is 8.78 Å². The van der Waals surface area contributed by atoms with E-state index in [2.05, 4.69) is 41.1 Å². The fourth-order valence-corrected chi connectivity index (χ4v) is 5.28. The van der Waals surface area contributed by atoms with Crippen LogP contribution in [0.1, 0.15) is 16.7 Å². The summed E-state index contributed by atoms with van der Waals surface area (Å²) in [6.45, 7) is 0. The molecule has 0 aromatic heterocycles. The van der Waals surface area contributed by atoms with Gasteiger partial charge >= 0.3 is 6.29 Å². The number of ether oxygens (including phenoxy) is 2. The number of thioether (sulfide) groups is 1. The average Bonchev–Trinajstić information content (AvgIpc) is 3.12. The van der Waals surface area contributed by atoms with Crippen LogP contribution in [0.5, 0.6) is 11.5 Å². The van der Waals surface area contributed by atoms with Crippen molar-refractivity contribution in [3.8, 4) is 11.5 Å². The molecule has 0 fully saturated rings. The number of rotatable bonds is 5. The normalized spacial score (nSPS) is 14.4. The topological polar surface area (TPSA) is 18.5 Å². The summed E-state index contributed by atoms with van der Waals surface area (Å²) < 4.78 is 35.8. The molecule has 154 valence electrons. The molecule has 0 unspecified atom stereocenters. The van der Waals surface area contributed by atoms with Crippen LogP contribution in [0.3, 0.4) is 0 Å². The highest BCUT2D eigenvalue weighted by Gasteiger charge is 2.44. The maximum absolute atomic E-state index is 13.6. The van der Waals surface area contributed by atoms with Gasteiger partial charge in [-0.15, -0.1) is 20.5 Å². The van der Waals surface area contributed by atoms with Crippen molar-refractivity contribution in [3.05, 3.63) is 126 Å². The van der Waals surface area contributed by atoms with Gasteiger partial charge in [-0.3, -0.25) is 0 Å². The number of hydrogen-bond acceptors (Lipinski definition) is 3. The molecule has 5 heteroatoms. The zero-order valence-electron chi connectivity index (χ0n) is 16.4. The third kappa shape index (κ3) is 3.66. The molecule has 0 aliphatic carbocycles. The van der Waals surface area contributed by atoms with E-state index in [4.69, 9.17) is 4.74 Å². The molecule has 1 aliphatic heterocycles. The molecule has 31 heavy (non-hydrogen) atoms. The Morgan fingerprint density at radius 1 is 0.581 bits per heavy atom. The maximum Gasteiger partial charge on any atom is 0.586 e. The van der Waals surface area contributed by atoms with Crippen LogP contribution in [0.4, 0.5) is 8.78 Å². The summed E-state index contributed by atoms with van der Waals surface area (Å²) in [7, 11) is 0. The fraction of sp³-hybridized carbons (Fsp3) is 0.0769. The first-order valence-electron chi connectivity index (χ1n) is 9.82. The van der Waals surface area contributed by atoms with Crippen molar-refractivity contribution in [3.63, 3.8) is 0 Å². The van der Waals surface area contributed by atoms with Crippen molar-refractivity contribution in [1.82, 2.24) is 0 Å². The second kappa shape index (κ2) is 7.75. The first kappa shape index (κ1) is 19.6. The van der Waals surface area contributed by atoms with Gasteiger partial charge in [0.25, 0.3) is 0 Å². The van der Waals surface area contributed by atoms with E-state index in [-0.39, 0.29) is 11.5 Å². The summed E-state index contributed by atoms with van der Waals surface area (Å²) in [5.74, 6) is 0.0807. The molecule has 0 radical (unpaired) electrons. The van der Waals surface area contributed by atoms with Gasteiger partial charge in [-0.2, -0.15) is 0 Å². The summed E-state index contributed by atoms with van der Waals surface area (Å²) in [5.41, 5.74) is 3.25. The quantitative estimate of drug-likeness (QED) is 0.248. The molecule has 5 rings (SSSR count). The Morgan fingerprint density at radius 2 is 1.03 bits per heavy atom. The third-order valence-corrected chi connectivity index (χ3v) is 6.69. The van der Waals surface area contributed by atoms with E-state index in [0.29, 0.717) is 0 Å². The van der Waals surface area contributed by atoms with Crippen molar-refractivity contribution in [2.75, 3.05) is 0 Å². The summed E-state index contributed by atoms with van der Waals surface area (Å²) >= 11 is 1.58. The van der Waals surface area contributed by atoms with E-state index in [1.807, 2.05) is 54.6 Å². The molecule has 0 saturated carbocycles. The number of benzene rings is 4. The molecule has 2 nitrogen and oxygen atoms in total. The van der Waals surface area contributed by atoms with Crippen LogP contribution in [0.2, 0.25) is 0 Å². The Kier molecular flexibility index (Phi) is 4.91. The van der Waals surface area contributed by atoms with Crippen molar-refractivity contribution < 1.29 is 18.3 Å². The standard InChI is InChI=1S/C26H18F2O2S/c27-26(28)29-23-17-16-22(18-24(23)30-26)31-25(19-10-4-1-5-11-19,20-12-6-2-7-13-20)21-14-8-3-9-15-21/h1-18H. The minimum absolute atomic E-state index is 0.0399. The number of hydrogen-bond donors (Lipinski definition) is 0. The van der Waals surface area contributed by atoms with Crippen LogP contribution in [-0.4, -0.2) is 6.29 Å². The lowest BCUT2D eigenvalue weighted by Gasteiger charge is -2.35. The zero-order chi connectivity index (χ0) is 21.3. The van der Waals surface area contributed by atoms with Gasteiger partial charge in [0.05, 0.1) is 4.75 Å². The molecule has 0 spiro atoms. The maximum atomic E-state index is 13.6. The first-order valence-corrected chi connectivity index (χ1v) is 10.6. The second-order valence-electron chi connectivity index (χ2n) is 7.16. The minimum atomic E-state index is -3.64. The predicted octanol–water partition coefficient (Wildman–Crippen LogP) is 7.09. The number of alkyl halides is 2. The highest BCUT2D eigenvalue weighted by atomic mass is 32.2. The van der Waals surface area contributed by atoms with Crippen molar-refractivity contribution in [2.24, 2.45) is 0 Å². The number of halogens is 2. The minimum Gasteiger partial charge on any atom is -0.395 e. The van der Waals surface area contributed by atoms with Crippen molar-refractivity contribution >= 4 is 11.8 Å². The van der Waals surface area contributed by atoms with Crippen LogP contribution < -0.4 is 9.47 Å². The van der Waals surface area contributed by atoms with Gasteiger partial charge < -0.3 is 9.47 Å². The lowest BCUT2D eigenvalue weighted by molar-refractivity contribution is -0.286. The van der Waals surface area contributed by atoms with Crippen molar-refractivity contribution in [1.29, 1.82) is 0 Å². The van der Waals surface area contributed by atoms with E-state index < -0.39 is 11.0 Å². The van der Waals surface area contributed by atoms with Gasteiger partial charge in [0.1, 0.15) is 0 Å². The van der Waals surface area contributed by atoms with Gasteiger partial charge in [0, 0.05) is 4.90 Å². The lowest BCUT2D eigenvalue weighted by atomic mass is 9.84. The van der Waals surface area contributed by atoms with Gasteiger partial charge in [-0.05, 0) is 34.9 Å². The molecule has 0 atom stereocenters. The first-order chi connectivity index (χ1) is 15.1. The summed E-state index contributed by atoms with van der Waals surface area (Å²) in [5, 5.41) is 0. The van der Waals surface area contributed by atoms with Crippen LogP contribution >= 0.6 is 11.8 Å². The molecule has 1 aliphatic rings. The molecule has 0 saturated heterocycles. The van der Waals surface area contributed by atoms with Gasteiger partial charge in [-0.1, -0.05) is 91.0 Å². The van der Waals surface area contributed by atoms with Gasteiger partial charge in [0.15, 0.2) is 11.5 Å². The fourth-order valence-electron chi connectivity index (χ4n) is 3.86. The molecular formula is C26H18F2O2S. The monoisotopic (exact) mass is 432 g/mol. The average molecular weight is 432 g/mol. The van der Waals surface area contributed by atoms with Gasteiger partial charge in [-0.25, -0.2) is 0 Å². The Labute approximate surface area is 183 Å². The van der Waals surface area contributed by atoms with Gasteiger partial charge in [0.2, 0.25) is 0 Å². The number of fused-ring (bicyclic) bond motifs is 1. The van der Waals surface area contributed by atoms with Crippen LogP contribution in [0.15, 0.2) is 114 Å². The summed E-state index contributed by atoms with van der Waals surface area (Å²) in [6, 6.07) is 35.5. The Hall–Kier alpha value is -3.31. The summed E-state index contributed by atoms with van der Waals surface area (Å²) in [4.78, 5) is 0.789. The molecular weight excluding hydrogens is 414 g/mol. The zero-order valence-corrected chi connectivity index (χ0v) is 17.2. The molecule has 1 heterocycles. The predicted molar refractivity (Wildman–Crippen MR) is 118 cm³/mol. The Morgan fingerprint density at radius 3 is 1.52 bits per heavy atom. The highest BCUT2D eigenvalue weighted by molar-refractivity contribution is 8.00. The molecule has 0 bridgehead atoms. The van der Waals surface area contributed by atoms with Crippen LogP contribution in [0.25, 0.3) is 0 Å². The van der Waals surface area contributed by atoms with Crippen LogP contribution in [0, 0.1) is 0 Å². The lowest BCUT2D eigenvalue weighted by Crippen LogP contribution is -2.26. The highest BCUT2D eigenvalue weighted by Crippen LogP contribution is 2.53. The second-order valence-corrected chi connectivity index (χ2v) is 8.45. The Bertz CT molecular complexity index is 1090.